The first-order valence-corrected chi connectivity index (χ1v) is 10.1. The van der Waals surface area contributed by atoms with Crippen LogP contribution in [0.3, 0.4) is 0 Å². The van der Waals surface area contributed by atoms with Crippen LogP contribution in [-0.2, 0) is 21.2 Å². The van der Waals surface area contributed by atoms with Gasteiger partial charge in [0.15, 0.2) is 0 Å². The van der Waals surface area contributed by atoms with Gasteiger partial charge in [-0.15, -0.1) is 0 Å². The number of nitrogens with zero attached hydrogens (tertiary/aromatic N) is 1. The maximum atomic E-state index is 12.6. The molecule has 0 unspecified atom stereocenters. The van der Waals surface area contributed by atoms with Crippen molar-refractivity contribution in [3.8, 4) is 0 Å². The lowest BCUT2D eigenvalue weighted by atomic mass is 10.0. The molecule has 0 saturated heterocycles. The molecule has 0 bridgehead atoms. The van der Waals surface area contributed by atoms with Crippen molar-refractivity contribution in [2.75, 3.05) is 18.0 Å². The largest absolute Gasteiger partial charge is 0.339 e. The fourth-order valence-electron chi connectivity index (χ4n) is 2.31. The highest BCUT2D eigenvalue weighted by atomic mass is 35.5. The van der Waals surface area contributed by atoms with E-state index < -0.39 is 10.0 Å². The number of carbonyl (C=O) groups is 1. The molecular formula is C18H25ClN2O3S. The van der Waals surface area contributed by atoms with E-state index in [2.05, 4.69) is 11.3 Å². The average Bonchev–Trinajstić information content (AvgIpc) is 2.51. The lowest BCUT2D eigenvalue weighted by molar-refractivity contribution is -0.130. The summed E-state index contributed by atoms with van der Waals surface area (Å²) in [5.41, 5.74) is 2.53. The summed E-state index contributed by atoms with van der Waals surface area (Å²) < 4.78 is 25.3. The third-order valence-electron chi connectivity index (χ3n) is 3.99. The molecule has 7 heteroatoms. The molecular weight excluding hydrogens is 360 g/mol. The summed E-state index contributed by atoms with van der Waals surface area (Å²) in [7, 11) is -1.74. The maximum Gasteiger partial charge on any atom is 0.229 e. The maximum absolute atomic E-state index is 12.6. The van der Waals surface area contributed by atoms with Crippen molar-refractivity contribution in [3.63, 3.8) is 0 Å². The molecule has 1 rings (SSSR count). The number of amides is 1. The molecule has 25 heavy (non-hydrogen) atoms. The molecule has 0 aliphatic heterocycles. The van der Waals surface area contributed by atoms with Crippen LogP contribution < -0.4 is 4.72 Å². The summed E-state index contributed by atoms with van der Waals surface area (Å²) in [4.78, 5) is 14.2. The Bertz CT molecular complexity index is 801. The number of halogens is 1. The monoisotopic (exact) mass is 384 g/mol. The van der Waals surface area contributed by atoms with Crippen molar-refractivity contribution in [2.45, 2.75) is 33.2 Å². The normalized spacial score (nSPS) is 12.9. The Morgan fingerprint density at radius 3 is 2.56 bits per heavy atom. The molecule has 0 aromatic heterocycles. The smallest absolute Gasteiger partial charge is 0.229 e. The van der Waals surface area contributed by atoms with Gasteiger partial charge in [-0.3, -0.25) is 9.52 Å². The summed E-state index contributed by atoms with van der Waals surface area (Å²) in [6, 6.07) is 3.18. The van der Waals surface area contributed by atoms with E-state index in [0.29, 0.717) is 5.56 Å². The molecule has 1 N–H and O–H groups in total. The van der Waals surface area contributed by atoms with Gasteiger partial charge in [0.25, 0.3) is 0 Å². The number of benzene rings is 1. The highest BCUT2D eigenvalue weighted by Gasteiger charge is 2.21. The Labute approximate surface area is 155 Å². The molecule has 0 fully saturated rings. The van der Waals surface area contributed by atoms with E-state index in [1.54, 1.807) is 24.1 Å². The van der Waals surface area contributed by atoms with Gasteiger partial charge in [0.05, 0.1) is 29.4 Å². The van der Waals surface area contributed by atoms with Crippen LogP contribution in [0.2, 0.25) is 5.02 Å². The van der Waals surface area contributed by atoms with E-state index in [4.69, 9.17) is 11.6 Å². The molecule has 1 aromatic rings. The highest BCUT2D eigenvalue weighted by Crippen LogP contribution is 2.30. The first-order chi connectivity index (χ1) is 11.5. The molecule has 0 aliphatic rings. The van der Waals surface area contributed by atoms with Crippen LogP contribution in [0.1, 0.15) is 25.0 Å². The summed E-state index contributed by atoms with van der Waals surface area (Å²) in [6.45, 7) is 9.59. The van der Waals surface area contributed by atoms with E-state index in [0.717, 1.165) is 17.4 Å². The first kappa shape index (κ1) is 21.3. The quantitative estimate of drug-likeness (QED) is 0.731. The average molecular weight is 385 g/mol. The molecule has 1 aromatic carbocycles. The minimum Gasteiger partial charge on any atom is -0.339 e. The van der Waals surface area contributed by atoms with Gasteiger partial charge < -0.3 is 4.90 Å². The van der Waals surface area contributed by atoms with Crippen molar-refractivity contribution in [3.05, 3.63) is 52.6 Å². The van der Waals surface area contributed by atoms with Crippen LogP contribution in [0.4, 0.5) is 5.69 Å². The van der Waals surface area contributed by atoms with Crippen LogP contribution in [-0.4, -0.2) is 38.6 Å². The number of likely N-dealkylation sites (N-methyl/N-ethyl adjacent to an activating group) is 1. The van der Waals surface area contributed by atoms with Gasteiger partial charge in [0, 0.05) is 7.05 Å². The van der Waals surface area contributed by atoms with Crippen LogP contribution in [0, 0.1) is 6.92 Å². The fraction of sp³-hybridized carbons (Fsp3) is 0.389. The van der Waals surface area contributed by atoms with Crippen molar-refractivity contribution in [1.82, 2.24) is 4.90 Å². The Balaban J connectivity index is 3.07. The van der Waals surface area contributed by atoms with Crippen molar-refractivity contribution in [1.29, 1.82) is 0 Å². The molecule has 5 nitrogen and oxygen atoms in total. The second-order valence-corrected chi connectivity index (χ2v) is 8.16. The zero-order valence-corrected chi connectivity index (χ0v) is 16.8. The molecule has 1 atom stereocenters. The van der Waals surface area contributed by atoms with Crippen molar-refractivity contribution >= 4 is 33.2 Å². The zero-order valence-electron chi connectivity index (χ0n) is 15.3. The number of aryl methyl sites for hydroxylation is 1. The fourth-order valence-corrected chi connectivity index (χ4v) is 3.26. The SMILES string of the molecule is C=C(/C=C\C)[C@H](C)N(C)C(=O)Cc1c(C)ccc(NS(C)(=O)=O)c1Cl. The number of hydrogen-bond donors (Lipinski definition) is 1. The van der Waals surface area contributed by atoms with Gasteiger partial charge in [0.2, 0.25) is 15.9 Å². The summed E-state index contributed by atoms with van der Waals surface area (Å²) in [6.07, 6.45) is 4.87. The van der Waals surface area contributed by atoms with Crippen molar-refractivity contribution < 1.29 is 13.2 Å². The molecule has 138 valence electrons. The lowest BCUT2D eigenvalue weighted by Crippen LogP contribution is -2.37. The second kappa shape index (κ2) is 8.54. The summed E-state index contributed by atoms with van der Waals surface area (Å²) in [5, 5.41) is 0.243. The number of carbonyl (C=O) groups excluding carboxylic acids is 1. The van der Waals surface area contributed by atoms with E-state index >= 15 is 0 Å². The molecule has 0 heterocycles. The molecule has 1 amide bonds. The van der Waals surface area contributed by atoms with E-state index in [1.807, 2.05) is 32.9 Å². The van der Waals surface area contributed by atoms with E-state index in [1.165, 1.54) is 0 Å². The summed E-state index contributed by atoms with van der Waals surface area (Å²) in [5.74, 6) is -0.125. The number of rotatable bonds is 7. The minimum absolute atomic E-state index is 0.0773. The predicted octanol–water partition coefficient (Wildman–Crippen LogP) is 3.54. The molecule has 0 saturated carbocycles. The van der Waals surface area contributed by atoms with Gasteiger partial charge in [0.1, 0.15) is 0 Å². The Morgan fingerprint density at radius 1 is 1.44 bits per heavy atom. The number of sulfonamides is 1. The Kier molecular flexibility index (Phi) is 7.26. The topological polar surface area (TPSA) is 66.5 Å². The highest BCUT2D eigenvalue weighted by molar-refractivity contribution is 7.92. The van der Waals surface area contributed by atoms with Crippen LogP contribution >= 0.6 is 11.6 Å². The molecule has 0 radical (unpaired) electrons. The van der Waals surface area contributed by atoms with Gasteiger partial charge in [-0.1, -0.05) is 36.4 Å². The second-order valence-electron chi connectivity index (χ2n) is 6.03. The first-order valence-electron chi connectivity index (χ1n) is 7.80. The van der Waals surface area contributed by atoms with Crippen LogP contribution in [0.15, 0.2) is 36.4 Å². The minimum atomic E-state index is -3.45. The number of nitrogens with one attached hydrogen (secondary N) is 1. The van der Waals surface area contributed by atoms with E-state index in [9.17, 15) is 13.2 Å². The number of allylic oxidation sites excluding steroid dienone is 1. The van der Waals surface area contributed by atoms with Crippen molar-refractivity contribution in [2.24, 2.45) is 0 Å². The van der Waals surface area contributed by atoms with Gasteiger partial charge in [-0.05, 0) is 43.5 Å². The van der Waals surface area contributed by atoms with Gasteiger partial charge in [-0.2, -0.15) is 0 Å². The number of anilines is 1. The molecule has 0 spiro atoms. The zero-order chi connectivity index (χ0) is 19.4. The predicted molar refractivity (Wildman–Crippen MR) is 105 cm³/mol. The third-order valence-corrected chi connectivity index (χ3v) is 5.01. The van der Waals surface area contributed by atoms with Crippen LogP contribution in [0.5, 0.6) is 0 Å². The number of hydrogen-bond acceptors (Lipinski definition) is 3. The lowest BCUT2D eigenvalue weighted by Gasteiger charge is -2.26. The summed E-state index contributed by atoms with van der Waals surface area (Å²) >= 11 is 6.33. The standard InChI is InChI=1S/C18H25ClN2O3S/c1-7-8-12(2)14(4)21(5)17(22)11-15-13(3)9-10-16(18(15)19)20-25(6,23)24/h7-10,14,20H,2,11H2,1,3-6H3/b8-7-/t14-/m0/s1. The Hall–Kier alpha value is -1.79. The van der Waals surface area contributed by atoms with Crippen LogP contribution in [0.25, 0.3) is 0 Å². The third kappa shape index (κ3) is 5.90. The molecule has 0 aliphatic carbocycles. The van der Waals surface area contributed by atoms with E-state index in [-0.39, 0.29) is 29.1 Å². The van der Waals surface area contributed by atoms with Gasteiger partial charge in [-0.25, -0.2) is 8.42 Å². The van der Waals surface area contributed by atoms with Gasteiger partial charge >= 0.3 is 0 Å². The Morgan fingerprint density at radius 2 is 2.04 bits per heavy atom.